The normalized spacial score (nSPS) is 12.8. The number of carbonyl (C=O) groups excluding carboxylic acids is 2. The van der Waals surface area contributed by atoms with Gasteiger partial charge in [-0.25, -0.2) is 0 Å². The number of benzene rings is 2. The van der Waals surface area contributed by atoms with Crippen molar-refractivity contribution in [2.75, 3.05) is 5.75 Å². The van der Waals surface area contributed by atoms with E-state index in [1.54, 1.807) is 23.1 Å². The summed E-state index contributed by atoms with van der Waals surface area (Å²) in [5, 5.41) is 4.21. The molecule has 2 atom stereocenters. The Kier molecular flexibility index (Phi) is 10.7. The van der Waals surface area contributed by atoms with Crippen LogP contribution in [0.3, 0.4) is 0 Å². The monoisotopic (exact) mass is 480 g/mol. The van der Waals surface area contributed by atoms with E-state index in [2.05, 4.69) is 5.32 Å². The molecule has 31 heavy (non-hydrogen) atoms. The second kappa shape index (κ2) is 13.0. The lowest BCUT2D eigenvalue weighted by molar-refractivity contribution is -0.139. The first-order valence-electron chi connectivity index (χ1n) is 10.5. The highest BCUT2D eigenvalue weighted by Crippen LogP contribution is 2.28. The molecule has 2 rings (SSSR count). The summed E-state index contributed by atoms with van der Waals surface area (Å²) in [4.78, 5) is 27.8. The van der Waals surface area contributed by atoms with Crippen molar-refractivity contribution < 1.29 is 9.59 Å². The zero-order valence-electron chi connectivity index (χ0n) is 18.2. The zero-order valence-corrected chi connectivity index (χ0v) is 20.6. The van der Waals surface area contributed by atoms with Gasteiger partial charge in [0, 0.05) is 28.4 Å². The Bertz CT molecular complexity index is 844. The summed E-state index contributed by atoms with van der Waals surface area (Å²) in [6.07, 6.45) is 1.38. The van der Waals surface area contributed by atoms with Crippen molar-refractivity contribution in [1.82, 2.24) is 10.2 Å². The van der Waals surface area contributed by atoms with E-state index in [9.17, 15) is 9.59 Å². The minimum absolute atomic E-state index is 0.0620. The Labute approximate surface area is 199 Å². The Balaban J connectivity index is 2.14. The zero-order chi connectivity index (χ0) is 22.8. The Hall–Kier alpha value is -1.69. The highest BCUT2D eigenvalue weighted by atomic mass is 35.5. The highest BCUT2D eigenvalue weighted by Gasteiger charge is 2.29. The Morgan fingerprint density at radius 2 is 1.65 bits per heavy atom. The van der Waals surface area contributed by atoms with Gasteiger partial charge in [0.1, 0.15) is 6.04 Å². The molecule has 7 heteroatoms. The first kappa shape index (κ1) is 25.6. The fourth-order valence-electron chi connectivity index (χ4n) is 3.13. The van der Waals surface area contributed by atoms with Crippen LogP contribution in [0.4, 0.5) is 0 Å². The van der Waals surface area contributed by atoms with Crippen LogP contribution in [0.1, 0.15) is 44.7 Å². The molecule has 0 radical (unpaired) electrons. The van der Waals surface area contributed by atoms with Gasteiger partial charge in [0.2, 0.25) is 11.8 Å². The van der Waals surface area contributed by atoms with Crippen molar-refractivity contribution in [3.63, 3.8) is 0 Å². The van der Waals surface area contributed by atoms with Gasteiger partial charge in [-0.15, -0.1) is 11.8 Å². The fraction of sp³-hybridized carbons (Fsp3) is 0.417. The number of carbonyl (C=O) groups is 2. The molecule has 0 fully saturated rings. The van der Waals surface area contributed by atoms with Gasteiger partial charge in [-0.2, -0.15) is 0 Å². The van der Waals surface area contributed by atoms with E-state index < -0.39 is 6.04 Å². The van der Waals surface area contributed by atoms with Gasteiger partial charge in [-0.3, -0.25) is 9.59 Å². The topological polar surface area (TPSA) is 49.4 Å². The van der Waals surface area contributed by atoms with Crippen molar-refractivity contribution in [1.29, 1.82) is 0 Å². The van der Waals surface area contributed by atoms with Crippen LogP contribution in [0.25, 0.3) is 0 Å². The second-order valence-electron chi connectivity index (χ2n) is 7.44. The van der Waals surface area contributed by atoms with Crippen molar-refractivity contribution in [2.45, 2.75) is 58.0 Å². The van der Waals surface area contributed by atoms with Gasteiger partial charge in [0.25, 0.3) is 0 Å². The molecule has 2 aromatic rings. The highest BCUT2D eigenvalue weighted by molar-refractivity contribution is 7.99. The van der Waals surface area contributed by atoms with Crippen LogP contribution in [0.5, 0.6) is 0 Å². The summed E-state index contributed by atoms with van der Waals surface area (Å²) in [6, 6.07) is 14.7. The van der Waals surface area contributed by atoms with E-state index in [1.807, 2.05) is 51.1 Å². The average molecular weight is 481 g/mol. The molecule has 0 unspecified atom stereocenters. The van der Waals surface area contributed by atoms with E-state index in [1.165, 1.54) is 11.8 Å². The van der Waals surface area contributed by atoms with Crippen molar-refractivity contribution in [3.05, 3.63) is 69.7 Å². The quantitative estimate of drug-likeness (QED) is 0.432. The van der Waals surface area contributed by atoms with Crippen LogP contribution in [-0.2, 0) is 21.9 Å². The molecule has 168 valence electrons. The van der Waals surface area contributed by atoms with Gasteiger partial charge in [0.05, 0.1) is 5.75 Å². The third kappa shape index (κ3) is 7.74. The molecule has 4 nitrogen and oxygen atoms in total. The minimum Gasteiger partial charge on any atom is -0.352 e. The molecule has 0 aliphatic rings. The molecule has 2 aromatic carbocycles. The Morgan fingerprint density at radius 1 is 1.00 bits per heavy atom. The lowest BCUT2D eigenvalue weighted by Crippen LogP contribution is -2.51. The predicted octanol–water partition coefficient (Wildman–Crippen LogP) is 5.95. The summed E-state index contributed by atoms with van der Waals surface area (Å²) in [6.45, 7) is 6.31. The maximum atomic E-state index is 13.2. The lowest BCUT2D eigenvalue weighted by Gasteiger charge is -2.31. The molecular formula is C24H30Cl2N2O2S. The van der Waals surface area contributed by atoms with Gasteiger partial charge in [0.15, 0.2) is 0 Å². The molecule has 0 bridgehead atoms. The van der Waals surface area contributed by atoms with Crippen LogP contribution in [0.15, 0.2) is 48.5 Å². The first-order chi connectivity index (χ1) is 14.9. The number of halogens is 2. The number of rotatable bonds is 11. The molecule has 0 aliphatic carbocycles. The number of amides is 2. The molecular weight excluding hydrogens is 451 g/mol. The lowest BCUT2D eigenvalue weighted by atomic mass is 10.1. The van der Waals surface area contributed by atoms with Crippen molar-refractivity contribution in [2.24, 2.45) is 0 Å². The van der Waals surface area contributed by atoms with E-state index in [-0.39, 0.29) is 23.6 Å². The van der Waals surface area contributed by atoms with E-state index in [0.717, 1.165) is 17.5 Å². The summed E-state index contributed by atoms with van der Waals surface area (Å²) in [5.74, 6) is 0.573. The molecule has 0 aliphatic heterocycles. The second-order valence-corrected chi connectivity index (χ2v) is 9.24. The van der Waals surface area contributed by atoms with Crippen LogP contribution in [0, 0.1) is 0 Å². The van der Waals surface area contributed by atoms with Gasteiger partial charge < -0.3 is 10.2 Å². The van der Waals surface area contributed by atoms with Crippen LogP contribution in [-0.4, -0.2) is 34.6 Å². The maximum absolute atomic E-state index is 13.2. The molecule has 0 heterocycles. The van der Waals surface area contributed by atoms with E-state index in [0.29, 0.717) is 28.8 Å². The summed E-state index contributed by atoms with van der Waals surface area (Å²) in [7, 11) is 0. The Morgan fingerprint density at radius 3 is 2.23 bits per heavy atom. The predicted molar refractivity (Wildman–Crippen MR) is 132 cm³/mol. The standard InChI is InChI=1S/C24H30Cl2N2O2S/c1-4-17(3)27-24(30)22(5-2)28(14-18-10-7-6-8-11-18)23(29)16-31-15-19-20(25)12-9-13-21(19)26/h6-13,17,22H,4-5,14-16H2,1-3H3,(H,27,30)/t17-,22-/m0/s1. The number of hydrogen-bond acceptors (Lipinski definition) is 3. The molecule has 2 amide bonds. The van der Waals surface area contributed by atoms with Crippen LogP contribution >= 0.6 is 35.0 Å². The number of nitrogens with zero attached hydrogens (tertiary/aromatic N) is 1. The molecule has 1 N–H and O–H groups in total. The SMILES string of the molecule is CC[C@H](C)NC(=O)[C@H](CC)N(Cc1ccccc1)C(=O)CSCc1c(Cl)cccc1Cl. The molecule has 0 saturated carbocycles. The van der Waals surface area contributed by atoms with Crippen molar-refractivity contribution >= 4 is 46.8 Å². The maximum Gasteiger partial charge on any atom is 0.243 e. The molecule has 0 spiro atoms. The number of hydrogen-bond donors (Lipinski definition) is 1. The van der Waals surface area contributed by atoms with Gasteiger partial charge in [-0.1, -0.05) is 73.4 Å². The van der Waals surface area contributed by atoms with Crippen LogP contribution in [0.2, 0.25) is 10.0 Å². The minimum atomic E-state index is -0.522. The third-order valence-corrected chi connectivity index (χ3v) is 6.77. The fourth-order valence-corrected chi connectivity index (χ4v) is 4.78. The molecule has 0 saturated heterocycles. The largest absolute Gasteiger partial charge is 0.352 e. The smallest absolute Gasteiger partial charge is 0.243 e. The van der Waals surface area contributed by atoms with E-state index in [4.69, 9.17) is 23.2 Å². The van der Waals surface area contributed by atoms with E-state index >= 15 is 0 Å². The summed E-state index contributed by atoms with van der Waals surface area (Å²) < 4.78 is 0. The average Bonchev–Trinajstić information content (AvgIpc) is 2.76. The first-order valence-corrected chi connectivity index (χ1v) is 12.4. The molecule has 0 aromatic heterocycles. The number of thioether (sulfide) groups is 1. The number of nitrogens with one attached hydrogen (secondary N) is 1. The summed E-state index contributed by atoms with van der Waals surface area (Å²) >= 11 is 13.9. The van der Waals surface area contributed by atoms with Gasteiger partial charge >= 0.3 is 0 Å². The van der Waals surface area contributed by atoms with Crippen molar-refractivity contribution in [3.8, 4) is 0 Å². The third-order valence-electron chi connectivity index (χ3n) is 5.12. The van der Waals surface area contributed by atoms with Crippen LogP contribution < -0.4 is 5.32 Å². The summed E-state index contributed by atoms with van der Waals surface area (Å²) in [5.41, 5.74) is 1.81. The van der Waals surface area contributed by atoms with Gasteiger partial charge in [-0.05, 0) is 43.0 Å².